The summed E-state index contributed by atoms with van der Waals surface area (Å²) in [5.41, 5.74) is -0.956. The van der Waals surface area contributed by atoms with Crippen LogP contribution in [-0.2, 0) is 6.18 Å². The van der Waals surface area contributed by atoms with Crippen LogP contribution in [0.4, 0.5) is 18.9 Å². The fraction of sp³-hybridized carbons (Fsp3) is 0.308. The van der Waals surface area contributed by atoms with Gasteiger partial charge in [-0.3, -0.25) is 0 Å². The van der Waals surface area contributed by atoms with Crippen LogP contribution in [0.15, 0.2) is 18.2 Å². The van der Waals surface area contributed by atoms with Gasteiger partial charge in [-0.25, -0.2) is 0 Å². The quantitative estimate of drug-likeness (QED) is 0.773. The fourth-order valence-electron chi connectivity index (χ4n) is 1.56. The van der Waals surface area contributed by atoms with Crippen LogP contribution in [0.2, 0.25) is 0 Å². The van der Waals surface area contributed by atoms with Crippen LogP contribution in [0.5, 0.6) is 0 Å². The number of nitriles is 1. The van der Waals surface area contributed by atoms with Gasteiger partial charge in [0.15, 0.2) is 0 Å². The van der Waals surface area contributed by atoms with Crippen LogP contribution in [0.1, 0.15) is 18.1 Å². The van der Waals surface area contributed by atoms with E-state index < -0.39 is 11.7 Å². The molecule has 0 fully saturated rings. The van der Waals surface area contributed by atoms with Gasteiger partial charge in [-0.05, 0) is 25.1 Å². The average molecular weight is 252 g/mol. The lowest BCUT2D eigenvalue weighted by atomic mass is 10.1. The Kier molecular flexibility index (Phi) is 4.23. The van der Waals surface area contributed by atoms with Crippen molar-refractivity contribution in [1.29, 1.82) is 5.26 Å². The third-order valence-electron chi connectivity index (χ3n) is 2.46. The molecule has 1 aromatic rings. The van der Waals surface area contributed by atoms with E-state index in [1.807, 2.05) is 0 Å². The normalized spacial score (nSPS) is 10.6. The Morgan fingerprint density at radius 2 is 2.06 bits per heavy atom. The molecule has 0 saturated heterocycles. The summed E-state index contributed by atoms with van der Waals surface area (Å²) in [5, 5.41) is 8.68. The lowest BCUT2D eigenvalue weighted by molar-refractivity contribution is -0.137. The zero-order valence-electron chi connectivity index (χ0n) is 9.75. The first-order chi connectivity index (χ1) is 8.43. The van der Waals surface area contributed by atoms with Gasteiger partial charge in [-0.15, -0.1) is 6.42 Å². The van der Waals surface area contributed by atoms with E-state index in [9.17, 15) is 13.2 Å². The molecule has 2 nitrogen and oxygen atoms in total. The van der Waals surface area contributed by atoms with Crippen molar-refractivity contribution in [2.24, 2.45) is 0 Å². The Morgan fingerprint density at radius 3 is 2.50 bits per heavy atom. The number of hydrogen-bond donors (Lipinski definition) is 0. The van der Waals surface area contributed by atoms with Gasteiger partial charge in [0.25, 0.3) is 0 Å². The van der Waals surface area contributed by atoms with Gasteiger partial charge < -0.3 is 4.90 Å². The average Bonchev–Trinajstić information content (AvgIpc) is 2.34. The maximum absolute atomic E-state index is 12.8. The van der Waals surface area contributed by atoms with E-state index in [0.717, 1.165) is 12.1 Å². The molecule has 1 rings (SSSR count). The molecule has 0 N–H and O–H groups in total. The molecule has 0 aliphatic rings. The van der Waals surface area contributed by atoms with Gasteiger partial charge in [-0.2, -0.15) is 18.4 Å². The van der Waals surface area contributed by atoms with Crippen molar-refractivity contribution in [3.8, 4) is 18.4 Å². The molecule has 0 amide bonds. The summed E-state index contributed by atoms with van der Waals surface area (Å²) in [7, 11) is 0. The number of hydrogen-bond acceptors (Lipinski definition) is 2. The van der Waals surface area contributed by atoms with Crippen LogP contribution in [0, 0.1) is 23.7 Å². The molecule has 0 unspecified atom stereocenters. The summed E-state index contributed by atoms with van der Waals surface area (Å²) in [4.78, 5) is 1.62. The molecule has 0 heterocycles. The number of anilines is 1. The molecule has 0 aromatic heterocycles. The van der Waals surface area contributed by atoms with E-state index in [1.54, 1.807) is 11.8 Å². The number of halogens is 3. The van der Waals surface area contributed by atoms with E-state index >= 15 is 0 Å². The van der Waals surface area contributed by atoms with Gasteiger partial charge in [0.1, 0.15) is 0 Å². The first kappa shape index (κ1) is 13.9. The molecule has 1 aromatic carbocycles. The second-order valence-electron chi connectivity index (χ2n) is 3.56. The largest absolute Gasteiger partial charge is 0.417 e. The lowest BCUT2D eigenvalue weighted by Gasteiger charge is -2.21. The summed E-state index contributed by atoms with van der Waals surface area (Å²) >= 11 is 0. The molecule has 0 atom stereocenters. The summed E-state index contributed by atoms with van der Waals surface area (Å²) in [5.74, 6) is 2.38. The van der Waals surface area contributed by atoms with Gasteiger partial charge in [0, 0.05) is 12.2 Å². The molecule has 0 aliphatic carbocycles. The summed E-state index contributed by atoms with van der Waals surface area (Å²) in [6, 6.07) is 5.13. The predicted octanol–water partition coefficient (Wildman–Crippen LogP) is 3.04. The zero-order chi connectivity index (χ0) is 13.8. The van der Waals surface area contributed by atoms with Crippen molar-refractivity contribution in [3.05, 3.63) is 29.3 Å². The van der Waals surface area contributed by atoms with Gasteiger partial charge in [0.05, 0.1) is 23.7 Å². The minimum atomic E-state index is -4.55. The minimum Gasteiger partial charge on any atom is -0.361 e. The van der Waals surface area contributed by atoms with E-state index in [0.29, 0.717) is 12.2 Å². The summed E-state index contributed by atoms with van der Waals surface area (Å²) in [6.07, 6.45) is 0.611. The summed E-state index contributed by atoms with van der Waals surface area (Å²) in [6.45, 7) is 2.51. The number of terminal acetylenes is 1. The molecule has 0 spiro atoms. The topological polar surface area (TPSA) is 27.0 Å². The molecule has 0 saturated carbocycles. The Balaban J connectivity index is 3.28. The third kappa shape index (κ3) is 2.95. The first-order valence-corrected chi connectivity index (χ1v) is 5.23. The fourth-order valence-corrected chi connectivity index (χ4v) is 1.56. The Labute approximate surface area is 104 Å². The number of alkyl halides is 3. The number of nitrogens with zero attached hydrogens (tertiary/aromatic N) is 2. The number of rotatable bonds is 3. The van der Waals surface area contributed by atoms with E-state index in [2.05, 4.69) is 5.92 Å². The predicted molar refractivity (Wildman–Crippen MR) is 62.9 cm³/mol. The monoisotopic (exact) mass is 252 g/mol. The third-order valence-corrected chi connectivity index (χ3v) is 2.46. The van der Waals surface area contributed by atoms with Crippen LogP contribution in [0.3, 0.4) is 0 Å². The maximum atomic E-state index is 12.8. The minimum absolute atomic E-state index is 0.222. The molecule has 0 aliphatic heterocycles. The highest BCUT2D eigenvalue weighted by Gasteiger charge is 2.34. The van der Waals surface area contributed by atoms with Crippen molar-refractivity contribution >= 4 is 5.69 Å². The zero-order valence-corrected chi connectivity index (χ0v) is 9.75. The SMILES string of the molecule is C#CCN(CC)c1ccc(C#N)c(C(F)(F)F)c1. The van der Waals surface area contributed by atoms with Crippen LogP contribution in [0.25, 0.3) is 0 Å². The number of benzene rings is 1. The van der Waals surface area contributed by atoms with Crippen LogP contribution < -0.4 is 4.90 Å². The van der Waals surface area contributed by atoms with Crippen LogP contribution in [-0.4, -0.2) is 13.1 Å². The maximum Gasteiger partial charge on any atom is 0.417 e. The van der Waals surface area contributed by atoms with Gasteiger partial charge in [-0.1, -0.05) is 5.92 Å². The van der Waals surface area contributed by atoms with Crippen molar-refractivity contribution < 1.29 is 13.2 Å². The van der Waals surface area contributed by atoms with Crippen LogP contribution >= 0.6 is 0 Å². The van der Waals surface area contributed by atoms with Crippen molar-refractivity contribution in [2.75, 3.05) is 18.0 Å². The molecular weight excluding hydrogens is 241 g/mol. The Hall–Kier alpha value is -2.14. The first-order valence-electron chi connectivity index (χ1n) is 5.23. The van der Waals surface area contributed by atoms with Gasteiger partial charge >= 0.3 is 6.18 Å². The van der Waals surface area contributed by atoms with Crippen molar-refractivity contribution in [1.82, 2.24) is 0 Å². The molecular formula is C13H11F3N2. The standard InChI is InChI=1S/C13H11F3N2/c1-3-7-18(4-2)11-6-5-10(9-17)12(8-11)13(14,15)16/h1,5-6,8H,4,7H2,2H3. The second kappa shape index (κ2) is 5.46. The molecule has 0 bridgehead atoms. The lowest BCUT2D eigenvalue weighted by Crippen LogP contribution is -2.23. The molecule has 94 valence electrons. The van der Waals surface area contributed by atoms with E-state index in [-0.39, 0.29) is 12.1 Å². The van der Waals surface area contributed by atoms with E-state index in [4.69, 9.17) is 11.7 Å². The molecule has 18 heavy (non-hydrogen) atoms. The Bertz CT molecular complexity index is 506. The van der Waals surface area contributed by atoms with E-state index in [1.165, 1.54) is 12.1 Å². The highest BCUT2D eigenvalue weighted by atomic mass is 19.4. The van der Waals surface area contributed by atoms with Gasteiger partial charge in [0.2, 0.25) is 0 Å². The highest BCUT2D eigenvalue weighted by Crippen LogP contribution is 2.34. The Morgan fingerprint density at radius 1 is 1.39 bits per heavy atom. The van der Waals surface area contributed by atoms with Crippen molar-refractivity contribution in [3.63, 3.8) is 0 Å². The molecule has 0 radical (unpaired) electrons. The van der Waals surface area contributed by atoms with Crippen molar-refractivity contribution in [2.45, 2.75) is 13.1 Å². The highest BCUT2D eigenvalue weighted by molar-refractivity contribution is 5.55. The molecule has 5 heteroatoms. The smallest absolute Gasteiger partial charge is 0.361 e. The second-order valence-corrected chi connectivity index (χ2v) is 3.56. The summed E-state index contributed by atoms with van der Waals surface area (Å²) < 4.78 is 38.3.